The van der Waals surface area contributed by atoms with E-state index in [0.29, 0.717) is 11.4 Å². The molecule has 2 aliphatic rings. The third-order valence-corrected chi connectivity index (χ3v) is 9.01. The number of rotatable bonds is 6. The van der Waals surface area contributed by atoms with Crippen LogP contribution in [0.5, 0.6) is 0 Å². The minimum absolute atomic E-state index is 0.0393. The molecule has 1 saturated carbocycles. The van der Waals surface area contributed by atoms with Crippen LogP contribution in [-0.2, 0) is 27.6 Å². The fraction of sp³-hybridized carbons (Fsp3) is 0.409. The molecule has 2 aliphatic carbocycles. The van der Waals surface area contributed by atoms with Gasteiger partial charge in [-0.05, 0) is 68.4 Å². The zero-order chi connectivity index (χ0) is 23.8. The molecule has 2 N–H and O–H groups in total. The highest BCUT2D eigenvalue weighted by Crippen LogP contribution is 2.38. The van der Waals surface area contributed by atoms with Crippen molar-refractivity contribution in [3.63, 3.8) is 0 Å². The van der Waals surface area contributed by atoms with Gasteiger partial charge in [-0.15, -0.1) is 11.3 Å². The SMILES string of the molecule is COC(=O)NC(=O)c1c(NC(=O)c2ccc(S(=O)(=O)N(C)C3CC3)cc2)sc2c1CCCC2. The zero-order valence-corrected chi connectivity index (χ0v) is 20.0. The Morgan fingerprint density at radius 1 is 1.06 bits per heavy atom. The Balaban J connectivity index is 1.56. The lowest BCUT2D eigenvalue weighted by Crippen LogP contribution is -2.31. The number of methoxy groups -OCH3 is 1. The van der Waals surface area contributed by atoms with E-state index in [0.717, 1.165) is 42.5 Å². The van der Waals surface area contributed by atoms with Crippen LogP contribution in [0.2, 0.25) is 0 Å². The van der Waals surface area contributed by atoms with Crippen molar-refractivity contribution in [2.24, 2.45) is 0 Å². The molecule has 0 bridgehead atoms. The van der Waals surface area contributed by atoms with E-state index < -0.39 is 27.9 Å². The maximum absolute atomic E-state index is 12.9. The minimum Gasteiger partial charge on any atom is -0.453 e. The summed E-state index contributed by atoms with van der Waals surface area (Å²) in [5, 5.41) is 5.30. The fourth-order valence-corrected chi connectivity index (χ4v) is 6.55. The van der Waals surface area contributed by atoms with Gasteiger partial charge in [0.25, 0.3) is 11.8 Å². The third kappa shape index (κ3) is 4.80. The number of hydrogen-bond donors (Lipinski definition) is 2. The number of fused-ring (bicyclic) bond motifs is 1. The number of benzene rings is 1. The highest BCUT2D eigenvalue weighted by Gasteiger charge is 2.35. The average Bonchev–Trinajstić information content (AvgIpc) is 3.59. The lowest BCUT2D eigenvalue weighted by molar-refractivity contribution is 0.0937. The first-order valence-electron chi connectivity index (χ1n) is 10.7. The lowest BCUT2D eigenvalue weighted by Gasteiger charge is -2.16. The molecule has 0 atom stereocenters. The first kappa shape index (κ1) is 23.4. The summed E-state index contributed by atoms with van der Waals surface area (Å²) in [6.45, 7) is 0. The number of carbonyl (C=O) groups is 3. The molecule has 0 saturated heterocycles. The normalized spacial score (nSPS) is 15.6. The van der Waals surface area contributed by atoms with Gasteiger partial charge in [-0.3, -0.25) is 14.9 Å². The molecule has 0 radical (unpaired) electrons. The van der Waals surface area contributed by atoms with Crippen molar-refractivity contribution in [1.29, 1.82) is 0 Å². The van der Waals surface area contributed by atoms with Crippen LogP contribution >= 0.6 is 11.3 Å². The minimum atomic E-state index is -3.60. The molecule has 3 amide bonds. The Morgan fingerprint density at radius 2 is 1.73 bits per heavy atom. The van der Waals surface area contributed by atoms with E-state index in [-0.39, 0.29) is 22.1 Å². The number of carbonyl (C=O) groups excluding carboxylic acids is 3. The number of thiophene rings is 1. The molecule has 1 aromatic carbocycles. The number of hydrogen-bond acceptors (Lipinski definition) is 7. The van der Waals surface area contributed by atoms with Crippen LogP contribution in [0.1, 0.15) is 56.8 Å². The molecule has 0 aliphatic heterocycles. The lowest BCUT2D eigenvalue weighted by atomic mass is 9.95. The number of nitrogens with one attached hydrogen (secondary N) is 2. The molecule has 1 fully saturated rings. The molecule has 11 heteroatoms. The zero-order valence-electron chi connectivity index (χ0n) is 18.3. The molecule has 176 valence electrons. The third-order valence-electron chi connectivity index (χ3n) is 5.88. The van der Waals surface area contributed by atoms with E-state index >= 15 is 0 Å². The van der Waals surface area contributed by atoms with Gasteiger partial charge in [0.2, 0.25) is 10.0 Å². The Labute approximate surface area is 196 Å². The Hall–Kier alpha value is -2.76. The van der Waals surface area contributed by atoms with E-state index in [2.05, 4.69) is 15.4 Å². The molecule has 1 aromatic heterocycles. The van der Waals surface area contributed by atoms with Gasteiger partial charge in [-0.25, -0.2) is 13.2 Å². The number of imide groups is 1. The van der Waals surface area contributed by atoms with E-state index in [1.165, 1.54) is 47.0 Å². The summed E-state index contributed by atoms with van der Waals surface area (Å²) in [6.07, 6.45) is 4.23. The molecule has 2 aromatic rings. The highest BCUT2D eigenvalue weighted by molar-refractivity contribution is 7.89. The summed E-state index contributed by atoms with van der Waals surface area (Å²) >= 11 is 1.32. The second-order valence-corrected chi connectivity index (χ2v) is 11.2. The Bertz CT molecular complexity index is 1200. The van der Waals surface area contributed by atoms with Crippen molar-refractivity contribution in [3.8, 4) is 0 Å². The summed E-state index contributed by atoms with van der Waals surface area (Å²) in [5.41, 5.74) is 1.37. The predicted octanol–water partition coefficient (Wildman–Crippen LogP) is 3.16. The van der Waals surface area contributed by atoms with Gasteiger partial charge in [-0.1, -0.05) is 0 Å². The molecule has 9 nitrogen and oxygen atoms in total. The van der Waals surface area contributed by atoms with E-state index in [1.54, 1.807) is 7.05 Å². The van der Waals surface area contributed by atoms with Gasteiger partial charge in [0.05, 0.1) is 17.6 Å². The molecule has 1 heterocycles. The monoisotopic (exact) mass is 491 g/mol. The van der Waals surface area contributed by atoms with Crippen molar-refractivity contribution in [3.05, 3.63) is 45.8 Å². The maximum Gasteiger partial charge on any atom is 0.413 e. The second kappa shape index (κ2) is 9.24. The highest BCUT2D eigenvalue weighted by atomic mass is 32.2. The van der Waals surface area contributed by atoms with Crippen LogP contribution in [0, 0.1) is 0 Å². The molecule has 33 heavy (non-hydrogen) atoms. The number of amides is 3. The predicted molar refractivity (Wildman–Crippen MR) is 123 cm³/mol. The van der Waals surface area contributed by atoms with E-state index in [4.69, 9.17) is 0 Å². The first-order chi connectivity index (χ1) is 15.7. The van der Waals surface area contributed by atoms with Gasteiger partial charge in [0.1, 0.15) is 5.00 Å². The quantitative estimate of drug-likeness (QED) is 0.640. The van der Waals surface area contributed by atoms with Crippen molar-refractivity contribution < 1.29 is 27.5 Å². The second-order valence-electron chi connectivity index (χ2n) is 8.09. The summed E-state index contributed by atoms with van der Waals surface area (Å²) in [4.78, 5) is 38.3. The Kier molecular flexibility index (Phi) is 6.55. The first-order valence-corrected chi connectivity index (χ1v) is 12.9. The van der Waals surface area contributed by atoms with Gasteiger partial charge < -0.3 is 10.1 Å². The van der Waals surface area contributed by atoms with Crippen molar-refractivity contribution in [1.82, 2.24) is 9.62 Å². The Morgan fingerprint density at radius 3 is 2.36 bits per heavy atom. The summed E-state index contributed by atoms with van der Waals surface area (Å²) in [5.74, 6) is -1.10. The van der Waals surface area contributed by atoms with Gasteiger partial charge >= 0.3 is 6.09 Å². The van der Waals surface area contributed by atoms with Crippen molar-refractivity contribution in [2.75, 3.05) is 19.5 Å². The van der Waals surface area contributed by atoms with Crippen molar-refractivity contribution >= 4 is 44.3 Å². The van der Waals surface area contributed by atoms with Crippen LogP contribution in [0.15, 0.2) is 29.2 Å². The molecule has 4 rings (SSSR count). The maximum atomic E-state index is 12.9. The molecular weight excluding hydrogens is 466 g/mol. The van der Waals surface area contributed by atoms with Crippen LogP contribution in [-0.4, -0.2) is 50.8 Å². The fourth-order valence-electron chi connectivity index (χ4n) is 3.85. The summed E-state index contributed by atoms with van der Waals surface area (Å²) in [7, 11) is -0.874. The number of alkyl carbamates (subject to hydrolysis) is 1. The topological polar surface area (TPSA) is 122 Å². The van der Waals surface area contributed by atoms with E-state index in [9.17, 15) is 22.8 Å². The van der Waals surface area contributed by atoms with Crippen LogP contribution in [0.25, 0.3) is 0 Å². The van der Waals surface area contributed by atoms with Gasteiger partial charge in [0.15, 0.2) is 0 Å². The smallest absolute Gasteiger partial charge is 0.413 e. The number of nitrogens with zero attached hydrogens (tertiary/aromatic N) is 1. The number of ether oxygens (including phenoxy) is 1. The molecular formula is C22H25N3O6S2. The largest absolute Gasteiger partial charge is 0.453 e. The number of sulfonamides is 1. The standard InChI is InChI=1S/C22H25N3O6S2/c1-25(14-9-10-14)33(29,30)15-11-7-13(8-12-15)19(26)23-21-18(20(27)24-22(28)31-2)16-5-3-4-6-17(16)32-21/h7-8,11-12,14H,3-6,9-10H2,1-2H3,(H,23,26)(H,24,27,28). The molecule has 0 spiro atoms. The van der Waals surface area contributed by atoms with Crippen molar-refractivity contribution in [2.45, 2.75) is 49.5 Å². The van der Waals surface area contributed by atoms with Gasteiger partial charge in [0, 0.05) is 23.5 Å². The van der Waals surface area contributed by atoms with E-state index in [1.807, 2.05) is 0 Å². The van der Waals surface area contributed by atoms with Crippen LogP contribution in [0.3, 0.4) is 0 Å². The number of aryl methyl sites for hydroxylation is 1. The number of anilines is 1. The van der Waals surface area contributed by atoms with Crippen LogP contribution in [0.4, 0.5) is 9.80 Å². The van der Waals surface area contributed by atoms with Gasteiger partial charge in [-0.2, -0.15) is 4.31 Å². The van der Waals surface area contributed by atoms with Crippen LogP contribution < -0.4 is 10.6 Å². The summed E-state index contributed by atoms with van der Waals surface area (Å²) < 4.78 is 31.2. The summed E-state index contributed by atoms with van der Waals surface area (Å²) in [6, 6.07) is 5.76. The average molecular weight is 492 g/mol. The molecule has 0 unspecified atom stereocenters.